The van der Waals surface area contributed by atoms with Gasteiger partial charge in [-0.25, -0.2) is 24.7 Å². The SMILES string of the molecule is CCC(=O)N1CCCC2(Cc3ccc(Br)cc3)C(=O)N(c3cc(Cl)nc(Cl)c3)C(=O)N12. The number of amides is 4. The Labute approximate surface area is 198 Å². The van der Waals surface area contributed by atoms with Gasteiger partial charge in [-0.3, -0.25) is 9.59 Å². The summed E-state index contributed by atoms with van der Waals surface area (Å²) in [6, 6.07) is 9.81. The number of pyridine rings is 1. The molecule has 0 saturated carbocycles. The number of benzene rings is 1. The molecule has 2 aromatic rings. The smallest absolute Gasteiger partial charge is 0.273 e. The highest BCUT2D eigenvalue weighted by molar-refractivity contribution is 9.10. The lowest BCUT2D eigenvalue weighted by molar-refractivity contribution is -0.161. The maximum atomic E-state index is 13.8. The molecule has 162 valence electrons. The van der Waals surface area contributed by atoms with E-state index in [1.807, 2.05) is 24.3 Å². The van der Waals surface area contributed by atoms with Crippen molar-refractivity contribution in [3.63, 3.8) is 0 Å². The molecule has 7 nitrogen and oxygen atoms in total. The Morgan fingerprint density at radius 2 is 1.81 bits per heavy atom. The molecular formula is C21H19BrCl2N4O3. The van der Waals surface area contributed by atoms with Crippen LogP contribution >= 0.6 is 39.1 Å². The first kappa shape index (κ1) is 22.0. The third-order valence-corrected chi connectivity index (χ3v) is 6.50. The minimum atomic E-state index is -1.21. The van der Waals surface area contributed by atoms with Gasteiger partial charge in [0.1, 0.15) is 15.8 Å². The Morgan fingerprint density at radius 3 is 2.42 bits per heavy atom. The summed E-state index contributed by atoms with van der Waals surface area (Å²) in [7, 11) is 0. The first-order valence-corrected chi connectivity index (χ1v) is 11.4. The van der Waals surface area contributed by atoms with Crippen molar-refractivity contribution in [3.05, 3.63) is 56.7 Å². The summed E-state index contributed by atoms with van der Waals surface area (Å²) in [4.78, 5) is 45.1. The molecule has 3 heterocycles. The number of imide groups is 1. The van der Waals surface area contributed by atoms with Gasteiger partial charge in [0.2, 0.25) is 5.91 Å². The number of carbonyl (C=O) groups is 3. The Kier molecular flexibility index (Phi) is 5.98. The lowest BCUT2D eigenvalue weighted by atomic mass is 9.84. The van der Waals surface area contributed by atoms with Gasteiger partial charge in [-0.2, -0.15) is 0 Å². The molecule has 4 amide bonds. The molecule has 0 bridgehead atoms. The van der Waals surface area contributed by atoms with Gasteiger partial charge in [-0.1, -0.05) is 58.2 Å². The normalized spacial score (nSPS) is 21.0. The van der Waals surface area contributed by atoms with Crippen molar-refractivity contribution in [2.24, 2.45) is 0 Å². The molecule has 10 heteroatoms. The van der Waals surface area contributed by atoms with Crippen molar-refractivity contribution < 1.29 is 14.4 Å². The average molecular weight is 526 g/mol. The number of halogens is 3. The largest absolute Gasteiger partial charge is 0.351 e. The molecule has 0 spiro atoms. The van der Waals surface area contributed by atoms with Gasteiger partial charge in [0.05, 0.1) is 5.69 Å². The summed E-state index contributed by atoms with van der Waals surface area (Å²) in [6.45, 7) is 2.11. The highest BCUT2D eigenvalue weighted by Crippen LogP contribution is 2.42. The second-order valence-corrected chi connectivity index (χ2v) is 9.20. The van der Waals surface area contributed by atoms with Crippen LogP contribution in [0.25, 0.3) is 0 Å². The summed E-state index contributed by atoms with van der Waals surface area (Å²) in [5.74, 6) is -0.624. The number of carbonyl (C=O) groups excluding carboxylic acids is 3. The number of anilines is 1. The predicted molar refractivity (Wildman–Crippen MR) is 121 cm³/mol. The zero-order valence-corrected chi connectivity index (χ0v) is 19.7. The van der Waals surface area contributed by atoms with Crippen molar-refractivity contribution in [2.45, 2.75) is 38.1 Å². The summed E-state index contributed by atoms with van der Waals surface area (Å²) in [6.07, 6.45) is 1.54. The second kappa shape index (κ2) is 8.41. The monoisotopic (exact) mass is 524 g/mol. The fourth-order valence-electron chi connectivity index (χ4n) is 4.24. The second-order valence-electron chi connectivity index (χ2n) is 7.51. The first-order valence-electron chi connectivity index (χ1n) is 9.83. The third-order valence-electron chi connectivity index (χ3n) is 5.59. The van der Waals surface area contributed by atoms with Gasteiger partial charge < -0.3 is 0 Å². The van der Waals surface area contributed by atoms with E-state index in [0.717, 1.165) is 14.9 Å². The number of aromatic nitrogens is 1. The molecule has 1 aromatic heterocycles. The van der Waals surface area contributed by atoms with Crippen LogP contribution in [0.1, 0.15) is 31.7 Å². The van der Waals surface area contributed by atoms with E-state index in [-0.39, 0.29) is 34.7 Å². The molecule has 0 aliphatic carbocycles. The Morgan fingerprint density at radius 1 is 1.16 bits per heavy atom. The Hall–Kier alpha value is -2.16. The summed E-state index contributed by atoms with van der Waals surface area (Å²) >= 11 is 15.5. The third kappa shape index (κ3) is 3.81. The van der Waals surface area contributed by atoms with E-state index < -0.39 is 17.5 Å². The summed E-state index contributed by atoms with van der Waals surface area (Å²) in [5, 5.41) is 2.88. The van der Waals surface area contributed by atoms with Crippen molar-refractivity contribution in [3.8, 4) is 0 Å². The van der Waals surface area contributed by atoms with Gasteiger partial charge in [0, 0.05) is 23.9 Å². The Bertz CT molecular complexity index is 1040. The van der Waals surface area contributed by atoms with E-state index in [1.54, 1.807) is 6.92 Å². The number of rotatable bonds is 4. The number of nitrogens with zero attached hydrogens (tertiary/aromatic N) is 4. The fourth-order valence-corrected chi connectivity index (χ4v) is 4.95. The minimum absolute atomic E-state index is 0.0661. The maximum absolute atomic E-state index is 13.8. The van der Waals surface area contributed by atoms with Crippen LogP contribution in [0, 0.1) is 0 Å². The van der Waals surface area contributed by atoms with Crippen LogP contribution < -0.4 is 4.90 Å². The topological polar surface area (TPSA) is 73.8 Å². The molecule has 2 aliphatic heterocycles. The molecule has 0 N–H and O–H groups in total. The molecule has 2 saturated heterocycles. The minimum Gasteiger partial charge on any atom is -0.273 e. The van der Waals surface area contributed by atoms with Gasteiger partial charge in [-0.05, 0) is 42.7 Å². The van der Waals surface area contributed by atoms with Crippen LogP contribution in [0.2, 0.25) is 10.3 Å². The van der Waals surface area contributed by atoms with E-state index in [0.29, 0.717) is 19.4 Å². The Balaban J connectivity index is 1.84. The molecular weight excluding hydrogens is 507 g/mol. The van der Waals surface area contributed by atoms with Crippen molar-refractivity contribution in [2.75, 3.05) is 11.4 Å². The van der Waals surface area contributed by atoms with Crippen LogP contribution in [0.4, 0.5) is 10.5 Å². The van der Waals surface area contributed by atoms with Crippen LogP contribution in [-0.2, 0) is 16.0 Å². The standard InChI is InChI=1S/C21H19BrCl2N4O3/c1-2-18(29)26-9-3-8-21(12-13-4-6-14(22)7-5-13)19(30)27(20(31)28(21)26)15-10-16(23)25-17(24)11-15/h4-7,10-11H,2-3,8-9,12H2,1H3. The first-order chi connectivity index (χ1) is 14.8. The molecule has 2 aliphatic rings. The summed E-state index contributed by atoms with van der Waals surface area (Å²) in [5.41, 5.74) is -0.0998. The zero-order chi connectivity index (χ0) is 22.3. The van der Waals surface area contributed by atoms with Crippen LogP contribution in [0.15, 0.2) is 40.9 Å². The van der Waals surface area contributed by atoms with E-state index in [9.17, 15) is 14.4 Å². The number of urea groups is 1. The summed E-state index contributed by atoms with van der Waals surface area (Å²) < 4.78 is 0.911. The van der Waals surface area contributed by atoms with E-state index in [4.69, 9.17) is 23.2 Å². The highest BCUT2D eigenvalue weighted by atomic mass is 79.9. The molecule has 2 fully saturated rings. The van der Waals surface area contributed by atoms with Crippen LogP contribution in [0.3, 0.4) is 0 Å². The number of hydrazine groups is 1. The maximum Gasteiger partial charge on any atom is 0.351 e. The molecule has 0 radical (unpaired) electrons. The molecule has 4 rings (SSSR count). The van der Waals surface area contributed by atoms with E-state index in [1.165, 1.54) is 22.2 Å². The number of fused-ring (bicyclic) bond motifs is 1. The van der Waals surface area contributed by atoms with Gasteiger partial charge in [-0.15, -0.1) is 0 Å². The van der Waals surface area contributed by atoms with Crippen molar-refractivity contribution in [1.82, 2.24) is 15.0 Å². The fraction of sp³-hybridized carbons (Fsp3) is 0.333. The molecule has 31 heavy (non-hydrogen) atoms. The van der Waals surface area contributed by atoms with E-state index in [2.05, 4.69) is 20.9 Å². The van der Waals surface area contributed by atoms with Gasteiger partial charge in [0.15, 0.2) is 0 Å². The predicted octanol–water partition coefficient (Wildman–Crippen LogP) is 4.85. The highest BCUT2D eigenvalue weighted by Gasteiger charge is 2.62. The van der Waals surface area contributed by atoms with Gasteiger partial charge >= 0.3 is 6.03 Å². The lowest BCUT2D eigenvalue weighted by Gasteiger charge is -2.45. The van der Waals surface area contributed by atoms with Crippen LogP contribution in [0.5, 0.6) is 0 Å². The van der Waals surface area contributed by atoms with Crippen LogP contribution in [-0.4, -0.2) is 44.9 Å². The average Bonchev–Trinajstić information content (AvgIpc) is 2.95. The van der Waals surface area contributed by atoms with Crippen molar-refractivity contribution in [1.29, 1.82) is 0 Å². The zero-order valence-electron chi connectivity index (χ0n) is 16.6. The molecule has 1 aromatic carbocycles. The number of hydrogen-bond donors (Lipinski definition) is 0. The molecule has 1 unspecified atom stereocenters. The quantitative estimate of drug-likeness (QED) is 0.422. The van der Waals surface area contributed by atoms with Crippen molar-refractivity contribution >= 4 is 62.7 Å². The van der Waals surface area contributed by atoms with E-state index >= 15 is 0 Å². The van der Waals surface area contributed by atoms with Gasteiger partial charge in [0.25, 0.3) is 5.91 Å². The molecule has 1 atom stereocenters. The number of hydrogen-bond acceptors (Lipinski definition) is 4. The lowest BCUT2D eigenvalue weighted by Crippen LogP contribution is -2.63.